The molecule has 1 saturated carbocycles. The molecule has 1 atom stereocenters. The number of nitrogens with zero attached hydrogens (tertiary/aromatic N) is 1. The lowest BCUT2D eigenvalue weighted by Gasteiger charge is -2.43. The van der Waals surface area contributed by atoms with Crippen molar-refractivity contribution >= 4 is 23.4 Å². The van der Waals surface area contributed by atoms with Crippen LogP contribution in [0.15, 0.2) is 24.3 Å². The molecule has 2 fully saturated rings. The lowest BCUT2D eigenvalue weighted by Crippen LogP contribution is -2.57. The summed E-state index contributed by atoms with van der Waals surface area (Å²) in [6.07, 6.45) is 3.45. The predicted molar refractivity (Wildman–Crippen MR) is 106 cm³/mol. The Balaban J connectivity index is 1.91. The maximum absolute atomic E-state index is 13.5. The van der Waals surface area contributed by atoms with E-state index >= 15 is 0 Å². The van der Waals surface area contributed by atoms with Gasteiger partial charge < -0.3 is 10.1 Å². The summed E-state index contributed by atoms with van der Waals surface area (Å²) in [4.78, 5) is 28.0. The smallest absolute Gasteiger partial charge is 0.258 e. The first kappa shape index (κ1) is 20.2. The predicted octanol–water partition coefficient (Wildman–Crippen LogP) is 3.86. The fourth-order valence-corrected chi connectivity index (χ4v) is 4.18. The molecule has 1 spiro atoms. The number of halogens is 1. The van der Waals surface area contributed by atoms with E-state index in [1.807, 2.05) is 13.8 Å². The van der Waals surface area contributed by atoms with Crippen molar-refractivity contribution in [2.24, 2.45) is 11.8 Å². The fraction of sp³-hybridized carbons (Fsp3) is 0.619. The number of benzene rings is 1. The molecule has 1 N–H and O–H groups in total. The van der Waals surface area contributed by atoms with E-state index in [2.05, 4.69) is 12.2 Å². The summed E-state index contributed by atoms with van der Waals surface area (Å²) in [6, 6.07) is 6.38. The average Bonchev–Trinajstić information content (AvgIpc) is 3.01. The van der Waals surface area contributed by atoms with Gasteiger partial charge in [0, 0.05) is 6.54 Å². The molecule has 0 aromatic heterocycles. The molecule has 3 rings (SSSR count). The molecule has 27 heavy (non-hydrogen) atoms. The van der Waals surface area contributed by atoms with Crippen LogP contribution in [0.1, 0.15) is 56.8 Å². The Morgan fingerprint density at radius 2 is 1.96 bits per heavy atom. The number of amides is 2. The van der Waals surface area contributed by atoms with Gasteiger partial charge in [-0.05, 0) is 49.7 Å². The summed E-state index contributed by atoms with van der Waals surface area (Å²) < 4.78 is 6.17. The summed E-state index contributed by atoms with van der Waals surface area (Å²) in [5, 5.41) is 3.36. The average molecular weight is 393 g/mol. The first-order valence-electron chi connectivity index (χ1n) is 9.84. The van der Waals surface area contributed by atoms with Crippen LogP contribution in [0.5, 0.6) is 0 Å². The maximum atomic E-state index is 13.5. The Bertz CT molecular complexity index is 698. The SMILES string of the molecule is CC(C)CNC(=O)[C@H]1COC2(CCC(C)CC2)N1C(=O)c1ccccc1Cl. The second-order valence-electron chi connectivity index (χ2n) is 8.25. The molecule has 0 bridgehead atoms. The van der Waals surface area contributed by atoms with Gasteiger partial charge in [0.25, 0.3) is 5.91 Å². The molecule has 0 radical (unpaired) electrons. The van der Waals surface area contributed by atoms with Crippen molar-refractivity contribution < 1.29 is 14.3 Å². The molecule has 5 nitrogen and oxygen atoms in total. The number of rotatable bonds is 4. The topological polar surface area (TPSA) is 58.6 Å². The highest BCUT2D eigenvalue weighted by molar-refractivity contribution is 6.33. The zero-order valence-electron chi connectivity index (χ0n) is 16.3. The molecule has 6 heteroatoms. The third-order valence-electron chi connectivity index (χ3n) is 5.63. The minimum atomic E-state index is -0.706. The van der Waals surface area contributed by atoms with E-state index in [-0.39, 0.29) is 18.4 Å². The van der Waals surface area contributed by atoms with E-state index in [0.29, 0.717) is 29.0 Å². The van der Waals surface area contributed by atoms with Gasteiger partial charge in [-0.2, -0.15) is 0 Å². The molecule has 2 amide bonds. The molecule has 0 unspecified atom stereocenters. The summed E-state index contributed by atoms with van der Waals surface area (Å²) in [7, 11) is 0. The van der Waals surface area contributed by atoms with Gasteiger partial charge >= 0.3 is 0 Å². The molecule has 1 heterocycles. The first-order chi connectivity index (χ1) is 12.8. The van der Waals surface area contributed by atoms with E-state index in [1.165, 1.54) is 0 Å². The van der Waals surface area contributed by atoms with Crippen LogP contribution in [0.3, 0.4) is 0 Å². The van der Waals surface area contributed by atoms with Crippen LogP contribution < -0.4 is 5.32 Å². The van der Waals surface area contributed by atoms with Crippen LogP contribution >= 0.6 is 11.6 Å². The summed E-state index contributed by atoms with van der Waals surface area (Å²) in [6.45, 7) is 7.11. The van der Waals surface area contributed by atoms with Crippen molar-refractivity contribution in [3.8, 4) is 0 Å². The summed E-state index contributed by atoms with van der Waals surface area (Å²) >= 11 is 6.29. The molecule has 148 valence electrons. The van der Waals surface area contributed by atoms with E-state index in [0.717, 1.165) is 25.7 Å². The van der Waals surface area contributed by atoms with Gasteiger partial charge in [-0.3, -0.25) is 14.5 Å². The standard InChI is InChI=1S/C21H29ClN2O3/c1-14(2)12-23-19(25)18-13-27-21(10-8-15(3)9-11-21)24(18)20(26)16-6-4-5-7-17(16)22/h4-7,14-15,18H,8-13H2,1-3H3,(H,23,25)/t15?,18-,21?/m1/s1. The zero-order valence-corrected chi connectivity index (χ0v) is 17.1. The maximum Gasteiger partial charge on any atom is 0.258 e. The highest BCUT2D eigenvalue weighted by atomic mass is 35.5. The van der Waals surface area contributed by atoms with E-state index in [1.54, 1.807) is 29.2 Å². The molecule has 1 saturated heterocycles. The van der Waals surface area contributed by atoms with Gasteiger partial charge in [0.05, 0.1) is 17.2 Å². The van der Waals surface area contributed by atoms with Crippen molar-refractivity contribution in [1.82, 2.24) is 10.2 Å². The van der Waals surface area contributed by atoms with Crippen LogP contribution in [0, 0.1) is 11.8 Å². The van der Waals surface area contributed by atoms with Crippen LogP contribution in [-0.4, -0.2) is 41.6 Å². The Morgan fingerprint density at radius 3 is 2.59 bits per heavy atom. The lowest BCUT2D eigenvalue weighted by molar-refractivity contribution is -0.128. The molecule has 1 aliphatic carbocycles. The molecule has 2 aliphatic rings. The summed E-state index contributed by atoms with van der Waals surface area (Å²) in [5.41, 5.74) is -0.285. The Hall–Kier alpha value is -1.59. The molecule has 1 aromatic rings. The second-order valence-corrected chi connectivity index (χ2v) is 8.66. The number of hydrogen-bond donors (Lipinski definition) is 1. The van der Waals surface area contributed by atoms with Crippen LogP contribution in [-0.2, 0) is 9.53 Å². The number of carbonyl (C=O) groups excluding carboxylic acids is 2. The number of nitrogens with one attached hydrogen (secondary N) is 1. The highest BCUT2D eigenvalue weighted by Gasteiger charge is 2.53. The normalized spacial score (nSPS) is 28.0. The van der Waals surface area contributed by atoms with Crippen molar-refractivity contribution in [3.63, 3.8) is 0 Å². The van der Waals surface area contributed by atoms with Crippen LogP contribution in [0.25, 0.3) is 0 Å². The first-order valence-corrected chi connectivity index (χ1v) is 10.2. The minimum absolute atomic E-state index is 0.153. The third-order valence-corrected chi connectivity index (χ3v) is 5.96. The number of carbonyl (C=O) groups is 2. The molecular formula is C21H29ClN2O3. The van der Waals surface area contributed by atoms with Crippen molar-refractivity contribution in [1.29, 1.82) is 0 Å². The fourth-order valence-electron chi connectivity index (χ4n) is 3.97. The van der Waals surface area contributed by atoms with Crippen molar-refractivity contribution in [3.05, 3.63) is 34.9 Å². The lowest BCUT2D eigenvalue weighted by atomic mass is 9.83. The van der Waals surface area contributed by atoms with Gasteiger partial charge in [0.2, 0.25) is 5.91 Å². The van der Waals surface area contributed by atoms with E-state index < -0.39 is 11.8 Å². The molecule has 1 aromatic carbocycles. The van der Waals surface area contributed by atoms with Crippen LogP contribution in [0.2, 0.25) is 5.02 Å². The Morgan fingerprint density at radius 1 is 1.30 bits per heavy atom. The molecule has 1 aliphatic heterocycles. The van der Waals surface area contributed by atoms with E-state index in [4.69, 9.17) is 16.3 Å². The number of hydrogen-bond acceptors (Lipinski definition) is 3. The third kappa shape index (κ3) is 4.14. The monoisotopic (exact) mass is 392 g/mol. The van der Waals surface area contributed by atoms with Gasteiger partial charge in [-0.25, -0.2) is 0 Å². The molecular weight excluding hydrogens is 364 g/mol. The Kier molecular flexibility index (Phi) is 6.11. The van der Waals surface area contributed by atoms with Gasteiger partial charge in [0.15, 0.2) is 0 Å². The van der Waals surface area contributed by atoms with Crippen molar-refractivity contribution in [2.45, 2.75) is 58.2 Å². The minimum Gasteiger partial charge on any atom is -0.354 e. The van der Waals surface area contributed by atoms with Gasteiger partial charge in [-0.15, -0.1) is 0 Å². The Labute approximate surface area is 166 Å². The van der Waals surface area contributed by atoms with Crippen LogP contribution in [0.4, 0.5) is 0 Å². The van der Waals surface area contributed by atoms with Gasteiger partial charge in [-0.1, -0.05) is 44.5 Å². The van der Waals surface area contributed by atoms with Crippen molar-refractivity contribution in [2.75, 3.05) is 13.2 Å². The quantitative estimate of drug-likeness (QED) is 0.846. The largest absolute Gasteiger partial charge is 0.354 e. The number of ether oxygens (including phenoxy) is 1. The van der Waals surface area contributed by atoms with E-state index in [9.17, 15) is 9.59 Å². The highest BCUT2D eigenvalue weighted by Crippen LogP contribution is 2.43. The van der Waals surface area contributed by atoms with Gasteiger partial charge in [0.1, 0.15) is 11.8 Å². The summed E-state index contributed by atoms with van der Waals surface area (Å²) in [5.74, 6) is 0.565. The second kappa shape index (κ2) is 8.19. The zero-order chi connectivity index (χ0) is 19.6.